The molecule has 25 heavy (non-hydrogen) atoms. The zero-order chi connectivity index (χ0) is 17.5. The molecule has 0 aromatic carbocycles. The van der Waals surface area contributed by atoms with Crippen LogP contribution in [0.25, 0.3) is 11.3 Å². The Balaban J connectivity index is 1.50. The van der Waals surface area contributed by atoms with E-state index in [0.717, 1.165) is 49.6 Å². The van der Waals surface area contributed by atoms with Gasteiger partial charge in [0.15, 0.2) is 0 Å². The Kier molecular flexibility index (Phi) is 6.09. The fourth-order valence-electron chi connectivity index (χ4n) is 3.11. The Labute approximate surface area is 148 Å². The maximum Gasteiger partial charge on any atom is 0.132 e. The zero-order valence-electron chi connectivity index (χ0n) is 14.6. The lowest BCUT2D eigenvalue weighted by molar-refractivity contribution is 0.0967. The lowest BCUT2D eigenvalue weighted by atomic mass is 9.96. The summed E-state index contributed by atoms with van der Waals surface area (Å²) < 4.78 is 7.24. The molecule has 0 saturated carbocycles. The van der Waals surface area contributed by atoms with Crippen LogP contribution in [0.2, 0.25) is 0 Å². The smallest absolute Gasteiger partial charge is 0.132 e. The van der Waals surface area contributed by atoms with Gasteiger partial charge in [0.2, 0.25) is 0 Å². The van der Waals surface area contributed by atoms with Gasteiger partial charge >= 0.3 is 0 Å². The molecule has 7 heteroatoms. The van der Waals surface area contributed by atoms with Crippen molar-refractivity contribution in [2.75, 3.05) is 32.8 Å². The summed E-state index contributed by atoms with van der Waals surface area (Å²) in [6.45, 7) is 4.22. The number of likely N-dealkylation sites (tertiary alicyclic amines) is 1. The van der Waals surface area contributed by atoms with E-state index in [0.29, 0.717) is 25.6 Å². The largest absolute Gasteiger partial charge is 0.379 e. The number of piperidine rings is 1. The van der Waals surface area contributed by atoms with Crippen LogP contribution in [0.15, 0.2) is 24.7 Å². The van der Waals surface area contributed by atoms with E-state index in [1.807, 2.05) is 31.7 Å². The van der Waals surface area contributed by atoms with Crippen molar-refractivity contribution in [3.63, 3.8) is 0 Å². The van der Waals surface area contributed by atoms with Crippen LogP contribution in [-0.2, 0) is 11.8 Å². The molecule has 1 aliphatic rings. The van der Waals surface area contributed by atoms with E-state index in [4.69, 9.17) is 15.0 Å². The quantitative estimate of drug-likeness (QED) is 0.717. The predicted molar refractivity (Wildman–Crippen MR) is 93.7 cm³/mol. The Bertz CT molecular complexity index is 714. The summed E-state index contributed by atoms with van der Waals surface area (Å²) in [5.41, 5.74) is 1.96. The third kappa shape index (κ3) is 4.84. The number of nitrogens with zero attached hydrogens (tertiary/aromatic N) is 6. The maximum absolute atomic E-state index is 8.49. The minimum absolute atomic E-state index is 0.410. The molecule has 1 fully saturated rings. The van der Waals surface area contributed by atoms with Gasteiger partial charge in [-0.1, -0.05) is 0 Å². The molecule has 7 nitrogen and oxygen atoms in total. The fourth-order valence-corrected chi connectivity index (χ4v) is 3.11. The van der Waals surface area contributed by atoms with E-state index in [1.54, 1.807) is 4.68 Å². The first-order valence-corrected chi connectivity index (χ1v) is 8.75. The van der Waals surface area contributed by atoms with Crippen LogP contribution in [0.4, 0.5) is 0 Å². The molecular weight excluding hydrogens is 316 g/mol. The molecule has 0 amide bonds. The number of rotatable bonds is 7. The van der Waals surface area contributed by atoms with Gasteiger partial charge in [-0.05, 0) is 32.0 Å². The monoisotopic (exact) mass is 340 g/mol. The standard InChI is InChI=1S/C18H24N6O/c1-23-14-16(13-21-23)17-3-7-20-18(22-17)15-4-8-24(9-5-15)10-12-25-11-2-6-19/h3,7,13-15H,2,4-5,8-12H2,1H3. The summed E-state index contributed by atoms with van der Waals surface area (Å²) in [6, 6.07) is 4.03. The number of nitriles is 1. The van der Waals surface area contributed by atoms with Gasteiger partial charge in [-0.25, -0.2) is 9.97 Å². The fraction of sp³-hybridized carbons (Fsp3) is 0.556. The Morgan fingerprint density at radius 1 is 1.32 bits per heavy atom. The highest BCUT2D eigenvalue weighted by molar-refractivity contribution is 5.56. The lowest BCUT2D eigenvalue weighted by Crippen LogP contribution is -2.35. The summed E-state index contributed by atoms with van der Waals surface area (Å²) in [6.07, 6.45) is 8.25. The SMILES string of the molecule is Cn1cc(-c2ccnc(C3CCN(CCOCCC#N)CC3)n2)cn1. The summed E-state index contributed by atoms with van der Waals surface area (Å²) >= 11 is 0. The number of ether oxygens (including phenoxy) is 1. The van der Waals surface area contributed by atoms with Gasteiger partial charge in [0.05, 0.1) is 37.6 Å². The molecule has 3 heterocycles. The number of aryl methyl sites for hydroxylation is 1. The second-order valence-corrected chi connectivity index (χ2v) is 6.34. The lowest BCUT2D eigenvalue weighted by Gasteiger charge is -2.31. The van der Waals surface area contributed by atoms with Crippen molar-refractivity contribution in [2.24, 2.45) is 7.05 Å². The Morgan fingerprint density at radius 2 is 2.16 bits per heavy atom. The molecule has 0 N–H and O–H groups in total. The van der Waals surface area contributed by atoms with Crippen molar-refractivity contribution in [3.8, 4) is 17.3 Å². The van der Waals surface area contributed by atoms with Gasteiger partial charge in [-0.3, -0.25) is 4.68 Å². The summed E-state index contributed by atoms with van der Waals surface area (Å²) in [5, 5.41) is 12.7. The first-order valence-electron chi connectivity index (χ1n) is 8.75. The van der Waals surface area contributed by atoms with Crippen molar-refractivity contribution < 1.29 is 4.74 Å². The first kappa shape index (κ1) is 17.5. The summed E-state index contributed by atoms with van der Waals surface area (Å²) in [5.74, 6) is 1.35. The van der Waals surface area contributed by atoms with Gasteiger partial charge in [-0.2, -0.15) is 10.4 Å². The molecule has 1 aliphatic heterocycles. The average Bonchev–Trinajstić information content (AvgIpc) is 3.09. The van der Waals surface area contributed by atoms with Gasteiger partial charge in [0.1, 0.15) is 5.82 Å². The highest BCUT2D eigenvalue weighted by atomic mass is 16.5. The molecule has 2 aromatic rings. The van der Waals surface area contributed by atoms with Crippen LogP contribution in [0.1, 0.15) is 31.0 Å². The van der Waals surface area contributed by atoms with Crippen molar-refractivity contribution >= 4 is 0 Å². The molecule has 132 valence electrons. The van der Waals surface area contributed by atoms with Crippen LogP contribution in [-0.4, -0.2) is 57.5 Å². The molecule has 0 unspecified atom stereocenters. The molecule has 0 radical (unpaired) electrons. The number of hydrogen-bond donors (Lipinski definition) is 0. The third-order valence-corrected chi connectivity index (χ3v) is 4.54. The molecule has 0 spiro atoms. The molecule has 0 atom stereocenters. The van der Waals surface area contributed by atoms with Crippen molar-refractivity contribution in [1.82, 2.24) is 24.6 Å². The highest BCUT2D eigenvalue weighted by Gasteiger charge is 2.22. The topological polar surface area (TPSA) is 79.9 Å². The Hall–Kier alpha value is -2.30. The summed E-state index contributed by atoms with van der Waals surface area (Å²) in [4.78, 5) is 11.7. The van der Waals surface area contributed by atoms with Crippen molar-refractivity contribution in [1.29, 1.82) is 5.26 Å². The average molecular weight is 340 g/mol. The zero-order valence-corrected chi connectivity index (χ0v) is 14.6. The van der Waals surface area contributed by atoms with Gasteiger partial charge in [0, 0.05) is 37.5 Å². The third-order valence-electron chi connectivity index (χ3n) is 4.54. The normalized spacial score (nSPS) is 16.0. The molecule has 0 bridgehead atoms. The minimum Gasteiger partial charge on any atom is -0.379 e. The molecular formula is C18H24N6O. The number of aromatic nitrogens is 4. The second-order valence-electron chi connectivity index (χ2n) is 6.34. The van der Waals surface area contributed by atoms with E-state index in [1.165, 1.54) is 0 Å². The van der Waals surface area contributed by atoms with Gasteiger partial charge in [-0.15, -0.1) is 0 Å². The van der Waals surface area contributed by atoms with Crippen LogP contribution in [0.3, 0.4) is 0 Å². The van der Waals surface area contributed by atoms with E-state index in [9.17, 15) is 0 Å². The molecule has 2 aromatic heterocycles. The highest BCUT2D eigenvalue weighted by Crippen LogP contribution is 2.26. The molecule has 0 aliphatic carbocycles. The van der Waals surface area contributed by atoms with E-state index >= 15 is 0 Å². The van der Waals surface area contributed by atoms with Crippen LogP contribution >= 0.6 is 0 Å². The van der Waals surface area contributed by atoms with Crippen LogP contribution in [0.5, 0.6) is 0 Å². The number of hydrogen-bond acceptors (Lipinski definition) is 6. The molecule has 3 rings (SSSR count). The van der Waals surface area contributed by atoms with E-state index < -0.39 is 0 Å². The van der Waals surface area contributed by atoms with Gasteiger partial charge < -0.3 is 9.64 Å². The molecule has 1 saturated heterocycles. The summed E-state index contributed by atoms with van der Waals surface area (Å²) in [7, 11) is 1.91. The Morgan fingerprint density at radius 3 is 2.88 bits per heavy atom. The van der Waals surface area contributed by atoms with Crippen LogP contribution < -0.4 is 0 Å². The van der Waals surface area contributed by atoms with E-state index in [-0.39, 0.29) is 0 Å². The second kappa shape index (κ2) is 8.70. The maximum atomic E-state index is 8.49. The van der Waals surface area contributed by atoms with Gasteiger partial charge in [0.25, 0.3) is 0 Å². The van der Waals surface area contributed by atoms with Crippen molar-refractivity contribution in [3.05, 3.63) is 30.5 Å². The first-order chi connectivity index (χ1) is 12.3. The van der Waals surface area contributed by atoms with Crippen LogP contribution in [0, 0.1) is 11.3 Å². The van der Waals surface area contributed by atoms with Crippen molar-refractivity contribution in [2.45, 2.75) is 25.2 Å². The predicted octanol–water partition coefficient (Wildman–Crippen LogP) is 1.99. The van der Waals surface area contributed by atoms with E-state index in [2.05, 4.69) is 21.1 Å². The minimum atomic E-state index is 0.410.